The van der Waals surface area contributed by atoms with Gasteiger partial charge in [-0.05, 0) is 31.4 Å². The standard InChI is InChI=1S/C14H19NO2/c16-13(8-9-14-7-4-10-17-14)11-15-12-5-2-1-3-6-12/h1-3,5-6,14-15H,4,7-11H2. The molecule has 0 spiro atoms. The van der Waals surface area contributed by atoms with Gasteiger partial charge in [-0.15, -0.1) is 0 Å². The van der Waals surface area contributed by atoms with Crippen LogP contribution < -0.4 is 5.32 Å². The van der Waals surface area contributed by atoms with Crippen molar-refractivity contribution in [2.75, 3.05) is 18.5 Å². The number of Topliss-reactive ketones (excluding diaryl/α,β-unsaturated/α-hetero) is 1. The fourth-order valence-electron chi connectivity index (χ4n) is 2.04. The van der Waals surface area contributed by atoms with E-state index >= 15 is 0 Å². The molecule has 0 bridgehead atoms. The summed E-state index contributed by atoms with van der Waals surface area (Å²) in [6.07, 6.45) is 4.05. The minimum absolute atomic E-state index is 0.254. The number of anilines is 1. The van der Waals surface area contributed by atoms with Gasteiger partial charge in [-0.3, -0.25) is 4.79 Å². The number of hydrogen-bond acceptors (Lipinski definition) is 3. The number of ketones is 1. The molecule has 1 fully saturated rings. The van der Waals surface area contributed by atoms with Crippen molar-refractivity contribution in [2.24, 2.45) is 0 Å². The van der Waals surface area contributed by atoms with E-state index < -0.39 is 0 Å². The minimum Gasteiger partial charge on any atom is -0.378 e. The predicted octanol–water partition coefficient (Wildman–Crippen LogP) is 2.63. The molecule has 92 valence electrons. The number of para-hydroxylation sites is 1. The summed E-state index contributed by atoms with van der Waals surface area (Å²) in [5.74, 6) is 0.254. The van der Waals surface area contributed by atoms with Crippen molar-refractivity contribution in [3.8, 4) is 0 Å². The molecule has 1 aliphatic rings. The highest BCUT2D eigenvalue weighted by molar-refractivity contribution is 5.82. The quantitative estimate of drug-likeness (QED) is 0.820. The Labute approximate surface area is 102 Å². The number of carbonyl (C=O) groups excluding carboxylic acids is 1. The van der Waals surface area contributed by atoms with Crippen molar-refractivity contribution >= 4 is 11.5 Å². The molecule has 0 saturated carbocycles. The molecule has 17 heavy (non-hydrogen) atoms. The molecule has 0 radical (unpaired) electrons. The van der Waals surface area contributed by atoms with Gasteiger partial charge in [0.05, 0.1) is 12.6 Å². The Morgan fingerprint density at radius 3 is 2.88 bits per heavy atom. The Kier molecular flexibility index (Phi) is 4.56. The third-order valence-electron chi connectivity index (χ3n) is 3.03. The lowest BCUT2D eigenvalue weighted by atomic mass is 10.1. The monoisotopic (exact) mass is 233 g/mol. The summed E-state index contributed by atoms with van der Waals surface area (Å²) in [4.78, 5) is 11.7. The first-order chi connectivity index (χ1) is 8.34. The van der Waals surface area contributed by atoms with Gasteiger partial charge in [0.15, 0.2) is 5.78 Å². The molecule has 0 aromatic heterocycles. The smallest absolute Gasteiger partial charge is 0.151 e. The molecule has 1 saturated heterocycles. The Morgan fingerprint density at radius 2 is 2.18 bits per heavy atom. The lowest BCUT2D eigenvalue weighted by Crippen LogP contribution is -2.16. The zero-order valence-electron chi connectivity index (χ0n) is 10.0. The zero-order chi connectivity index (χ0) is 11.9. The molecule has 0 aliphatic carbocycles. The first-order valence-electron chi connectivity index (χ1n) is 6.27. The molecule has 1 aromatic carbocycles. The van der Waals surface area contributed by atoms with E-state index in [1.807, 2.05) is 30.3 Å². The van der Waals surface area contributed by atoms with Crippen LogP contribution in [0.5, 0.6) is 0 Å². The number of rotatable bonds is 6. The largest absolute Gasteiger partial charge is 0.378 e. The van der Waals surface area contributed by atoms with Crippen LogP contribution in [0.4, 0.5) is 5.69 Å². The maximum absolute atomic E-state index is 11.7. The van der Waals surface area contributed by atoms with E-state index in [2.05, 4.69) is 5.32 Å². The Bertz CT molecular complexity index is 344. The fraction of sp³-hybridized carbons (Fsp3) is 0.500. The van der Waals surface area contributed by atoms with Crippen LogP contribution in [-0.4, -0.2) is 25.0 Å². The lowest BCUT2D eigenvalue weighted by molar-refractivity contribution is -0.118. The zero-order valence-corrected chi connectivity index (χ0v) is 10.0. The highest BCUT2D eigenvalue weighted by Crippen LogP contribution is 2.16. The minimum atomic E-state index is 0.254. The normalized spacial score (nSPS) is 19.2. The first kappa shape index (κ1) is 12.1. The van der Waals surface area contributed by atoms with Crippen LogP contribution in [0.15, 0.2) is 30.3 Å². The van der Waals surface area contributed by atoms with Gasteiger partial charge in [-0.25, -0.2) is 0 Å². The predicted molar refractivity (Wildman–Crippen MR) is 68.1 cm³/mol. The Morgan fingerprint density at radius 1 is 1.35 bits per heavy atom. The average Bonchev–Trinajstić information content (AvgIpc) is 2.88. The highest BCUT2D eigenvalue weighted by atomic mass is 16.5. The third-order valence-corrected chi connectivity index (χ3v) is 3.03. The van der Waals surface area contributed by atoms with Gasteiger partial charge in [0.1, 0.15) is 0 Å². The first-order valence-corrected chi connectivity index (χ1v) is 6.27. The van der Waals surface area contributed by atoms with Crippen molar-refractivity contribution < 1.29 is 9.53 Å². The molecule has 1 N–H and O–H groups in total. The van der Waals surface area contributed by atoms with Crippen molar-refractivity contribution in [1.82, 2.24) is 0 Å². The average molecular weight is 233 g/mol. The molecule has 2 rings (SSSR count). The maximum Gasteiger partial charge on any atom is 0.151 e. The summed E-state index contributed by atoms with van der Waals surface area (Å²) in [6.45, 7) is 1.28. The van der Waals surface area contributed by atoms with Crippen LogP contribution in [-0.2, 0) is 9.53 Å². The molecule has 1 aromatic rings. The SMILES string of the molecule is O=C(CCC1CCCO1)CNc1ccccc1. The third kappa shape index (κ3) is 4.19. The van der Waals surface area contributed by atoms with Gasteiger partial charge in [0.25, 0.3) is 0 Å². The summed E-state index contributed by atoms with van der Waals surface area (Å²) in [6, 6.07) is 9.81. The lowest BCUT2D eigenvalue weighted by Gasteiger charge is -2.09. The number of benzene rings is 1. The topological polar surface area (TPSA) is 38.3 Å². The van der Waals surface area contributed by atoms with Crippen LogP contribution in [0.1, 0.15) is 25.7 Å². The van der Waals surface area contributed by atoms with Crippen molar-refractivity contribution in [3.05, 3.63) is 30.3 Å². The van der Waals surface area contributed by atoms with Gasteiger partial charge in [0.2, 0.25) is 0 Å². The van der Waals surface area contributed by atoms with Gasteiger partial charge >= 0.3 is 0 Å². The van der Waals surface area contributed by atoms with E-state index in [0.29, 0.717) is 19.1 Å². The number of ether oxygens (including phenoxy) is 1. The summed E-state index contributed by atoms with van der Waals surface area (Å²) in [5, 5.41) is 3.13. The number of hydrogen-bond donors (Lipinski definition) is 1. The Balaban J connectivity index is 1.64. The molecular weight excluding hydrogens is 214 g/mol. The second-order valence-electron chi connectivity index (χ2n) is 4.43. The summed E-state index contributed by atoms with van der Waals surface area (Å²) >= 11 is 0. The van der Waals surface area contributed by atoms with E-state index in [-0.39, 0.29) is 5.78 Å². The molecule has 0 amide bonds. The van der Waals surface area contributed by atoms with Gasteiger partial charge in [-0.1, -0.05) is 18.2 Å². The van der Waals surface area contributed by atoms with Gasteiger partial charge in [0, 0.05) is 18.7 Å². The molecule has 1 atom stereocenters. The molecule has 3 nitrogen and oxygen atoms in total. The molecular formula is C14H19NO2. The van der Waals surface area contributed by atoms with Gasteiger partial charge in [-0.2, -0.15) is 0 Å². The van der Waals surface area contributed by atoms with Crippen LogP contribution >= 0.6 is 0 Å². The summed E-state index contributed by atoms with van der Waals surface area (Å²) < 4.78 is 5.49. The van der Waals surface area contributed by atoms with Crippen molar-refractivity contribution in [2.45, 2.75) is 31.8 Å². The molecule has 1 heterocycles. The second kappa shape index (κ2) is 6.40. The molecule has 3 heteroatoms. The molecule has 1 unspecified atom stereocenters. The summed E-state index contributed by atoms with van der Waals surface area (Å²) in [5.41, 5.74) is 0.998. The van der Waals surface area contributed by atoms with Crippen LogP contribution in [0.2, 0.25) is 0 Å². The van der Waals surface area contributed by atoms with Crippen LogP contribution in [0, 0.1) is 0 Å². The number of carbonyl (C=O) groups is 1. The van der Waals surface area contributed by atoms with E-state index in [1.54, 1.807) is 0 Å². The maximum atomic E-state index is 11.7. The van der Waals surface area contributed by atoms with Crippen molar-refractivity contribution in [1.29, 1.82) is 0 Å². The Hall–Kier alpha value is -1.35. The van der Waals surface area contributed by atoms with Crippen LogP contribution in [0.25, 0.3) is 0 Å². The van der Waals surface area contributed by atoms with E-state index in [0.717, 1.165) is 31.6 Å². The second-order valence-corrected chi connectivity index (χ2v) is 4.43. The van der Waals surface area contributed by atoms with E-state index in [9.17, 15) is 4.79 Å². The van der Waals surface area contributed by atoms with Gasteiger partial charge < -0.3 is 10.1 Å². The highest BCUT2D eigenvalue weighted by Gasteiger charge is 2.16. The van der Waals surface area contributed by atoms with Crippen molar-refractivity contribution in [3.63, 3.8) is 0 Å². The van der Waals surface area contributed by atoms with E-state index in [1.165, 1.54) is 0 Å². The van der Waals surface area contributed by atoms with Crippen LogP contribution in [0.3, 0.4) is 0 Å². The molecule has 1 aliphatic heterocycles. The fourth-order valence-corrected chi connectivity index (χ4v) is 2.04. The number of nitrogens with one attached hydrogen (secondary N) is 1. The summed E-state index contributed by atoms with van der Waals surface area (Å²) in [7, 11) is 0. The van der Waals surface area contributed by atoms with E-state index in [4.69, 9.17) is 4.74 Å².